The predicted octanol–water partition coefficient (Wildman–Crippen LogP) is 3.61. The molecule has 1 unspecified atom stereocenters. The second-order valence-electron chi connectivity index (χ2n) is 11.7. The summed E-state index contributed by atoms with van der Waals surface area (Å²) >= 11 is 0. The smallest absolute Gasteiger partial charge is 0.415 e. The van der Waals surface area contributed by atoms with Gasteiger partial charge in [0.15, 0.2) is 0 Å². The molecule has 2 atom stereocenters. The van der Waals surface area contributed by atoms with E-state index in [0.717, 1.165) is 25.7 Å². The average Bonchev–Trinajstić information content (AvgIpc) is 3.54. The van der Waals surface area contributed by atoms with Gasteiger partial charge in [0.1, 0.15) is 17.1 Å². The van der Waals surface area contributed by atoms with Gasteiger partial charge in [0, 0.05) is 31.0 Å². The number of carbonyl (C=O) groups excluding carboxylic acids is 2. The van der Waals surface area contributed by atoms with E-state index in [-0.39, 0.29) is 30.4 Å². The molecular weight excluding hydrogens is 528 g/mol. The highest BCUT2D eigenvalue weighted by atomic mass is 16.6. The van der Waals surface area contributed by atoms with Gasteiger partial charge in [-0.05, 0) is 51.8 Å². The molecule has 0 radical (unpaired) electrons. The maximum absolute atomic E-state index is 13.5. The lowest BCUT2D eigenvalue weighted by atomic mass is 9.95. The van der Waals surface area contributed by atoms with Crippen LogP contribution in [0.5, 0.6) is 0 Å². The van der Waals surface area contributed by atoms with Crippen LogP contribution >= 0.6 is 0 Å². The normalized spacial score (nSPS) is 19.7. The van der Waals surface area contributed by atoms with E-state index < -0.39 is 29.7 Å². The largest absolute Gasteiger partial charge is 0.443 e. The summed E-state index contributed by atoms with van der Waals surface area (Å²) in [6.45, 7) is 5.67. The van der Waals surface area contributed by atoms with E-state index >= 15 is 0 Å². The topological polar surface area (TPSA) is 139 Å². The summed E-state index contributed by atoms with van der Waals surface area (Å²) in [5.41, 5.74) is 0.635. The molecule has 12 nitrogen and oxygen atoms in total. The summed E-state index contributed by atoms with van der Waals surface area (Å²) in [5, 5.41) is 20.5. The lowest BCUT2D eigenvalue weighted by molar-refractivity contribution is 0.0587. The van der Waals surface area contributed by atoms with Gasteiger partial charge in [-0.25, -0.2) is 9.31 Å². The van der Waals surface area contributed by atoms with Gasteiger partial charge in [-0.1, -0.05) is 19.3 Å². The first-order valence-electron chi connectivity index (χ1n) is 14.0. The van der Waals surface area contributed by atoms with Crippen molar-refractivity contribution in [1.29, 1.82) is 0 Å². The number of aliphatic hydroxyl groups is 1. The number of carbonyl (C=O) groups is 2. The Kier molecular flexibility index (Phi) is 8.05. The van der Waals surface area contributed by atoms with Crippen LogP contribution < -0.4 is 21.1 Å². The Bertz CT molecular complexity index is 1490. The van der Waals surface area contributed by atoms with Gasteiger partial charge in [-0.2, -0.15) is 5.10 Å². The molecule has 3 aromatic heterocycles. The molecule has 4 heterocycles. The molecule has 1 aliphatic carbocycles. The van der Waals surface area contributed by atoms with Gasteiger partial charge in [0.25, 0.3) is 11.5 Å². The molecule has 2 fully saturated rings. The number of aliphatic hydroxyl groups excluding tert-OH is 1. The lowest BCUT2D eigenvalue weighted by Gasteiger charge is -2.25. The molecular formula is C29H38N6O6. The zero-order chi connectivity index (χ0) is 29.3. The molecule has 220 valence electrons. The standard InChI is InChI=1S/C29H38N6O6/c1-29(2,3)41-28(39)33(4)25-14-18(31-21-11-8-12-34(27(21)38)19-9-6-5-7-10-19)13-23-20(15-30-35(23)25)26(37)32-22-16-40-17-24(22)36/h8,11-15,19,22,24,31,36H,5-7,9-10,16-17H2,1-4H3,(H,32,37)/t22?,24-/m1/s1. The Labute approximate surface area is 238 Å². The number of nitrogens with one attached hydrogen (secondary N) is 2. The van der Waals surface area contributed by atoms with Crippen LogP contribution in [0.3, 0.4) is 0 Å². The number of rotatable bonds is 6. The van der Waals surface area contributed by atoms with Crippen LogP contribution in [0, 0.1) is 0 Å². The molecule has 1 saturated heterocycles. The van der Waals surface area contributed by atoms with Crippen molar-refractivity contribution in [3.05, 3.63) is 52.6 Å². The summed E-state index contributed by atoms with van der Waals surface area (Å²) in [6, 6.07) is 6.55. The van der Waals surface area contributed by atoms with Crippen molar-refractivity contribution >= 4 is 34.7 Å². The summed E-state index contributed by atoms with van der Waals surface area (Å²) in [5.74, 6) is -0.122. The first-order chi connectivity index (χ1) is 19.5. The van der Waals surface area contributed by atoms with Crippen LogP contribution in [0.2, 0.25) is 0 Å². The Hall–Kier alpha value is -3.90. The number of anilines is 3. The second-order valence-corrected chi connectivity index (χ2v) is 11.7. The van der Waals surface area contributed by atoms with E-state index in [0.29, 0.717) is 22.7 Å². The van der Waals surface area contributed by atoms with Crippen LogP contribution in [-0.2, 0) is 9.47 Å². The van der Waals surface area contributed by atoms with Crippen LogP contribution in [0.15, 0.2) is 41.5 Å². The highest BCUT2D eigenvalue weighted by molar-refractivity contribution is 6.02. The van der Waals surface area contributed by atoms with Gasteiger partial charge < -0.3 is 29.8 Å². The zero-order valence-corrected chi connectivity index (χ0v) is 23.9. The molecule has 12 heteroatoms. The minimum Gasteiger partial charge on any atom is -0.443 e. The molecule has 0 bridgehead atoms. The highest BCUT2D eigenvalue weighted by Gasteiger charge is 2.30. The molecule has 1 saturated carbocycles. The monoisotopic (exact) mass is 566 g/mol. The molecule has 3 aromatic rings. The summed E-state index contributed by atoms with van der Waals surface area (Å²) in [7, 11) is 1.55. The summed E-state index contributed by atoms with van der Waals surface area (Å²) in [6.07, 6.45) is 7.13. The zero-order valence-electron chi connectivity index (χ0n) is 23.9. The van der Waals surface area contributed by atoms with E-state index in [1.165, 1.54) is 22.0 Å². The maximum atomic E-state index is 13.5. The van der Waals surface area contributed by atoms with Crippen molar-refractivity contribution in [3.63, 3.8) is 0 Å². The van der Waals surface area contributed by atoms with E-state index in [2.05, 4.69) is 15.7 Å². The molecule has 41 heavy (non-hydrogen) atoms. The fourth-order valence-corrected chi connectivity index (χ4v) is 5.31. The first-order valence-corrected chi connectivity index (χ1v) is 14.0. The fourth-order valence-electron chi connectivity index (χ4n) is 5.31. The highest BCUT2D eigenvalue weighted by Crippen LogP contribution is 2.29. The molecule has 3 N–H and O–H groups in total. The predicted molar refractivity (Wildman–Crippen MR) is 154 cm³/mol. The van der Waals surface area contributed by atoms with Crippen LogP contribution in [-0.4, -0.2) is 69.3 Å². The number of ether oxygens (including phenoxy) is 2. The van der Waals surface area contributed by atoms with E-state index in [1.807, 2.05) is 12.3 Å². The number of fused-ring (bicyclic) bond motifs is 1. The SMILES string of the molecule is CN(C(=O)OC(C)(C)C)c1cc(Nc2cccn(C3CCCCC3)c2=O)cc2c(C(=O)NC3COC[C@H]3O)cnn12. The van der Waals surface area contributed by atoms with Gasteiger partial charge in [0.2, 0.25) is 0 Å². The number of nitrogens with zero attached hydrogens (tertiary/aromatic N) is 4. The van der Waals surface area contributed by atoms with Gasteiger partial charge >= 0.3 is 6.09 Å². The minimum absolute atomic E-state index is 0.136. The number of hydrogen-bond acceptors (Lipinski definition) is 8. The third-order valence-electron chi connectivity index (χ3n) is 7.44. The van der Waals surface area contributed by atoms with Gasteiger partial charge in [-0.3, -0.25) is 14.5 Å². The third kappa shape index (κ3) is 6.23. The van der Waals surface area contributed by atoms with Crippen molar-refractivity contribution < 1.29 is 24.2 Å². The molecule has 2 amide bonds. The molecule has 0 spiro atoms. The number of amides is 2. The van der Waals surface area contributed by atoms with E-state index in [9.17, 15) is 19.5 Å². The quantitative estimate of drug-likeness (QED) is 0.411. The maximum Gasteiger partial charge on any atom is 0.415 e. The summed E-state index contributed by atoms with van der Waals surface area (Å²) in [4.78, 5) is 41.0. The summed E-state index contributed by atoms with van der Waals surface area (Å²) < 4.78 is 14.1. The Morgan fingerprint density at radius 1 is 1.17 bits per heavy atom. The first kappa shape index (κ1) is 28.6. The van der Waals surface area contributed by atoms with Crippen LogP contribution in [0.1, 0.15) is 69.3 Å². The Balaban J connectivity index is 1.53. The van der Waals surface area contributed by atoms with E-state index in [1.54, 1.807) is 50.6 Å². The molecule has 5 rings (SSSR count). The van der Waals surface area contributed by atoms with Crippen LogP contribution in [0.25, 0.3) is 5.52 Å². The van der Waals surface area contributed by atoms with Crippen molar-refractivity contribution in [3.8, 4) is 0 Å². The van der Waals surface area contributed by atoms with Gasteiger partial charge in [0.05, 0.1) is 42.6 Å². The third-order valence-corrected chi connectivity index (χ3v) is 7.44. The molecule has 2 aliphatic rings. The van der Waals surface area contributed by atoms with Crippen molar-refractivity contribution in [2.75, 3.05) is 30.5 Å². The number of pyridine rings is 2. The average molecular weight is 567 g/mol. The van der Waals surface area contributed by atoms with Gasteiger partial charge in [-0.15, -0.1) is 0 Å². The Morgan fingerprint density at radius 3 is 2.61 bits per heavy atom. The van der Waals surface area contributed by atoms with Crippen molar-refractivity contribution in [1.82, 2.24) is 19.5 Å². The Morgan fingerprint density at radius 2 is 1.93 bits per heavy atom. The van der Waals surface area contributed by atoms with Crippen molar-refractivity contribution in [2.24, 2.45) is 0 Å². The fraction of sp³-hybridized carbons (Fsp3) is 0.517. The number of hydrogen-bond donors (Lipinski definition) is 3. The minimum atomic E-state index is -0.809. The van der Waals surface area contributed by atoms with E-state index in [4.69, 9.17) is 9.47 Å². The second kappa shape index (κ2) is 11.5. The number of aromatic nitrogens is 3. The molecule has 0 aromatic carbocycles. The van der Waals surface area contributed by atoms with Crippen LogP contribution in [0.4, 0.5) is 22.0 Å². The van der Waals surface area contributed by atoms with Crippen molar-refractivity contribution in [2.45, 2.75) is 76.7 Å². The lowest BCUT2D eigenvalue weighted by Crippen LogP contribution is -2.42. The molecule has 1 aliphatic heterocycles.